The number of morpholine rings is 1. The molecule has 1 N–H and O–H groups in total. The van der Waals surface area contributed by atoms with Crippen LogP contribution in [0.1, 0.15) is 18.5 Å². The summed E-state index contributed by atoms with van der Waals surface area (Å²) in [5.41, 5.74) is 0.700. The zero-order valence-electron chi connectivity index (χ0n) is 13.9. The van der Waals surface area contributed by atoms with Gasteiger partial charge < -0.3 is 14.4 Å². The molecule has 1 aromatic rings. The summed E-state index contributed by atoms with van der Waals surface area (Å²) in [7, 11) is 0. The number of ether oxygens (including phenoxy) is 2. The lowest BCUT2D eigenvalue weighted by Crippen LogP contribution is -2.55. The molecule has 0 saturated carbocycles. The Morgan fingerprint density at radius 1 is 1.44 bits per heavy atom. The first kappa shape index (κ1) is 17.7. The van der Waals surface area contributed by atoms with E-state index in [0.29, 0.717) is 42.8 Å². The third-order valence-corrected chi connectivity index (χ3v) is 4.37. The van der Waals surface area contributed by atoms with E-state index in [1.165, 1.54) is 0 Å². The fourth-order valence-corrected chi connectivity index (χ4v) is 3.13. The molecule has 0 radical (unpaired) electrons. The quantitative estimate of drug-likeness (QED) is 0.646. The van der Waals surface area contributed by atoms with Crippen LogP contribution in [0.4, 0.5) is 0 Å². The lowest BCUT2D eigenvalue weighted by atomic mass is 9.91. The SMILES string of the molecule is CCOC(=O)[C@H]1C(=O)NC(N2CCOCC2)=N[C@@H]1c1cccc(Cl)c1. The summed E-state index contributed by atoms with van der Waals surface area (Å²) >= 11 is 6.08. The molecule has 2 aliphatic rings. The van der Waals surface area contributed by atoms with Crippen LogP contribution in [0, 0.1) is 5.92 Å². The zero-order chi connectivity index (χ0) is 17.8. The van der Waals surface area contributed by atoms with Crippen molar-refractivity contribution in [2.24, 2.45) is 10.9 Å². The highest BCUT2D eigenvalue weighted by Gasteiger charge is 2.42. The Labute approximate surface area is 150 Å². The average molecular weight is 366 g/mol. The first-order valence-electron chi connectivity index (χ1n) is 8.23. The molecule has 8 heteroatoms. The zero-order valence-corrected chi connectivity index (χ0v) is 14.7. The summed E-state index contributed by atoms with van der Waals surface area (Å²) in [6.07, 6.45) is 0. The maximum atomic E-state index is 12.6. The van der Waals surface area contributed by atoms with Crippen LogP contribution < -0.4 is 5.32 Å². The molecule has 3 rings (SSSR count). The fourth-order valence-electron chi connectivity index (χ4n) is 2.93. The number of esters is 1. The number of nitrogens with zero attached hydrogens (tertiary/aromatic N) is 2. The van der Waals surface area contributed by atoms with Gasteiger partial charge in [-0.05, 0) is 24.6 Å². The second-order valence-corrected chi connectivity index (χ2v) is 6.21. The molecule has 1 amide bonds. The summed E-state index contributed by atoms with van der Waals surface area (Å²) in [6, 6.07) is 6.36. The van der Waals surface area contributed by atoms with Crippen molar-refractivity contribution >= 4 is 29.4 Å². The van der Waals surface area contributed by atoms with E-state index in [1.807, 2.05) is 11.0 Å². The second kappa shape index (κ2) is 7.84. The molecular weight excluding hydrogens is 346 g/mol. The molecule has 2 atom stereocenters. The van der Waals surface area contributed by atoms with E-state index in [2.05, 4.69) is 10.3 Å². The monoisotopic (exact) mass is 365 g/mol. The van der Waals surface area contributed by atoms with Gasteiger partial charge in [-0.1, -0.05) is 23.7 Å². The summed E-state index contributed by atoms with van der Waals surface area (Å²) in [5.74, 6) is -1.59. The highest BCUT2D eigenvalue weighted by molar-refractivity contribution is 6.30. The van der Waals surface area contributed by atoms with Crippen LogP contribution in [0.5, 0.6) is 0 Å². The van der Waals surface area contributed by atoms with Crippen LogP contribution in [0.2, 0.25) is 5.02 Å². The minimum absolute atomic E-state index is 0.199. The number of halogens is 1. The molecule has 134 valence electrons. The van der Waals surface area contributed by atoms with Crippen LogP contribution in [0.25, 0.3) is 0 Å². The number of hydrogen-bond acceptors (Lipinski definition) is 6. The predicted octanol–water partition coefficient (Wildman–Crippen LogP) is 1.38. The molecule has 7 nitrogen and oxygen atoms in total. The van der Waals surface area contributed by atoms with Crippen molar-refractivity contribution in [3.05, 3.63) is 34.9 Å². The molecule has 0 spiro atoms. The standard InChI is InChI=1S/C17H20ClN3O4/c1-2-25-16(23)13-14(11-4-3-5-12(18)10-11)19-17(20-15(13)22)21-6-8-24-9-7-21/h3-5,10,13-14H,2,6-9H2,1H3,(H,19,20,22)/t13-,14-/m1/s1. The summed E-state index contributed by atoms with van der Waals surface area (Å²) in [5, 5.41) is 3.26. The van der Waals surface area contributed by atoms with Crippen molar-refractivity contribution in [2.75, 3.05) is 32.9 Å². The van der Waals surface area contributed by atoms with Gasteiger partial charge in [0.25, 0.3) is 0 Å². The van der Waals surface area contributed by atoms with Crippen LogP contribution in [-0.4, -0.2) is 55.6 Å². The molecule has 0 bridgehead atoms. The normalized spacial score (nSPS) is 23.7. The van der Waals surface area contributed by atoms with Gasteiger partial charge in [-0.25, -0.2) is 4.99 Å². The minimum Gasteiger partial charge on any atom is -0.465 e. The second-order valence-electron chi connectivity index (χ2n) is 5.77. The van der Waals surface area contributed by atoms with Gasteiger partial charge in [-0.3, -0.25) is 14.9 Å². The fraction of sp³-hybridized carbons (Fsp3) is 0.471. The van der Waals surface area contributed by atoms with Crippen LogP contribution in [0.3, 0.4) is 0 Å². The summed E-state index contributed by atoms with van der Waals surface area (Å²) in [4.78, 5) is 31.6. The van der Waals surface area contributed by atoms with E-state index >= 15 is 0 Å². The molecule has 0 aliphatic carbocycles. The molecule has 0 aromatic heterocycles. The smallest absolute Gasteiger partial charge is 0.321 e. The highest BCUT2D eigenvalue weighted by atomic mass is 35.5. The number of benzene rings is 1. The highest BCUT2D eigenvalue weighted by Crippen LogP contribution is 2.32. The topological polar surface area (TPSA) is 80.2 Å². The maximum absolute atomic E-state index is 12.6. The molecule has 2 aliphatic heterocycles. The van der Waals surface area contributed by atoms with E-state index in [0.717, 1.165) is 0 Å². The van der Waals surface area contributed by atoms with Crippen LogP contribution >= 0.6 is 11.6 Å². The first-order chi connectivity index (χ1) is 12.1. The molecule has 1 fully saturated rings. The minimum atomic E-state index is -1.04. The lowest BCUT2D eigenvalue weighted by molar-refractivity contribution is -0.153. The lowest BCUT2D eigenvalue weighted by Gasteiger charge is -2.35. The number of rotatable bonds is 3. The van der Waals surface area contributed by atoms with Gasteiger partial charge in [0, 0.05) is 18.1 Å². The van der Waals surface area contributed by atoms with Crippen molar-refractivity contribution in [2.45, 2.75) is 13.0 Å². The molecule has 25 heavy (non-hydrogen) atoms. The number of guanidine groups is 1. The Balaban J connectivity index is 1.97. The van der Waals surface area contributed by atoms with E-state index < -0.39 is 23.8 Å². The van der Waals surface area contributed by atoms with E-state index in [4.69, 9.17) is 21.1 Å². The third kappa shape index (κ3) is 3.93. The largest absolute Gasteiger partial charge is 0.465 e. The molecule has 2 heterocycles. The Bertz CT molecular complexity index is 688. The Morgan fingerprint density at radius 3 is 2.88 bits per heavy atom. The third-order valence-electron chi connectivity index (χ3n) is 4.14. The van der Waals surface area contributed by atoms with E-state index in [-0.39, 0.29) is 6.61 Å². The van der Waals surface area contributed by atoms with Gasteiger partial charge in [-0.2, -0.15) is 0 Å². The predicted molar refractivity (Wildman–Crippen MR) is 92.3 cm³/mol. The van der Waals surface area contributed by atoms with Crippen LogP contribution in [-0.2, 0) is 19.1 Å². The van der Waals surface area contributed by atoms with E-state index in [1.54, 1.807) is 25.1 Å². The van der Waals surface area contributed by atoms with Gasteiger partial charge in [0.1, 0.15) is 6.04 Å². The van der Waals surface area contributed by atoms with Gasteiger partial charge in [0.15, 0.2) is 5.92 Å². The van der Waals surface area contributed by atoms with Gasteiger partial charge in [0.2, 0.25) is 11.9 Å². The number of nitrogens with one attached hydrogen (secondary N) is 1. The van der Waals surface area contributed by atoms with Crippen molar-refractivity contribution in [1.82, 2.24) is 10.2 Å². The number of carbonyl (C=O) groups is 2. The van der Waals surface area contributed by atoms with Crippen molar-refractivity contribution < 1.29 is 19.1 Å². The number of amides is 1. The van der Waals surface area contributed by atoms with Gasteiger partial charge in [-0.15, -0.1) is 0 Å². The van der Waals surface area contributed by atoms with Crippen molar-refractivity contribution in [3.8, 4) is 0 Å². The van der Waals surface area contributed by atoms with Crippen LogP contribution in [0.15, 0.2) is 29.3 Å². The molecule has 1 aromatic carbocycles. The van der Waals surface area contributed by atoms with E-state index in [9.17, 15) is 9.59 Å². The Hall–Kier alpha value is -2.12. The first-order valence-corrected chi connectivity index (χ1v) is 8.61. The molecule has 1 saturated heterocycles. The number of aliphatic imine (C=N–C) groups is 1. The average Bonchev–Trinajstić information content (AvgIpc) is 2.62. The summed E-state index contributed by atoms with van der Waals surface area (Å²) in [6.45, 7) is 4.30. The number of hydrogen-bond donors (Lipinski definition) is 1. The molecule has 0 unspecified atom stereocenters. The van der Waals surface area contributed by atoms with Crippen molar-refractivity contribution in [3.63, 3.8) is 0 Å². The summed E-state index contributed by atoms with van der Waals surface area (Å²) < 4.78 is 10.4. The van der Waals surface area contributed by atoms with Crippen molar-refractivity contribution in [1.29, 1.82) is 0 Å². The Kier molecular flexibility index (Phi) is 5.55. The van der Waals surface area contributed by atoms with Gasteiger partial charge in [0.05, 0.1) is 19.8 Å². The Morgan fingerprint density at radius 2 is 2.20 bits per heavy atom. The number of carbonyl (C=O) groups excluding carboxylic acids is 2. The molecular formula is C17H20ClN3O4. The van der Waals surface area contributed by atoms with Gasteiger partial charge >= 0.3 is 5.97 Å². The maximum Gasteiger partial charge on any atom is 0.321 e.